The Labute approximate surface area is 146 Å². The Morgan fingerprint density at radius 1 is 1.21 bits per heavy atom. The van der Waals surface area contributed by atoms with Crippen molar-refractivity contribution in [2.24, 2.45) is 11.7 Å². The molecule has 1 aliphatic carbocycles. The predicted molar refractivity (Wildman–Crippen MR) is 101 cm³/mol. The summed E-state index contributed by atoms with van der Waals surface area (Å²) in [5.41, 5.74) is 12.0. The Kier molecular flexibility index (Phi) is 5.10. The van der Waals surface area contributed by atoms with E-state index in [0.29, 0.717) is 5.92 Å². The summed E-state index contributed by atoms with van der Waals surface area (Å²) in [5, 5.41) is 0. The molecule has 0 atom stereocenters. The lowest BCUT2D eigenvalue weighted by Gasteiger charge is -2.38. The number of aryl methyl sites for hydroxylation is 1. The van der Waals surface area contributed by atoms with Crippen LogP contribution in [0.1, 0.15) is 24.0 Å². The Hall–Kier alpha value is -2.00. The summed E-state index contributed by atoms with van der Waals surface area (Å²) < 4.78 is 0. The summed E-state index contributed by atoms with van der Waals surface area (Å²) >= 11 is 0. The van der Waals surface area contributed by atoms with E-state index in [2.05, 4.69) is 54.1 Å². The summed E-state index contributed by atoms with van der Waals surface area (Å²) in [6.45, 7) is 15.5. The van der Waals surface area contributed by atoms with Crippen LogP contribution in [0, 0.1) is 12.8 Å². The molecule has 3 heteroatoms. The Morgan fingerprint density at radius 2 is 1.88 bits per heavy atom. The SMILES string of the molecule is C=C/C(=C(\C(=C)N)C1CC1)N1CCN(Cc2ccccc2C)CC1. The minimum absolute atomic E-state index is 0.598. The summed E-state index contributed by atoms with van der Waals surface area (Å²) in [4.78, 5) is 4.97. The van der Waals surface area contributed by atoms with E-state index < -0.39 is 0 Å². The van der Waals surface area contributed by atoms with Gasteiger partial charge in [0.05, 0.1) is 0 Å². The molecule has 1 heterocycles. The number of piperazine rings is 1. The van der Waals surface area contributed by atoms with E-state index >= 15 is 0 Å². The standard InChI is InChI=1S/C21H29N3/c1-4-20(21(17(3)22)18-9-10-18)24-13-11-23(12-14-24)15-19-8-6-5-7-16(19)2/h4-8,18H,1,3,9-15,22H2,2H3/b21-20-. The molecular formula is C21H29N3. The molecule has 0 unspecified atom stereocenters. The van der Waals surface area contributed by atoms with E-state index in [0.717, 1.165) is 38.4 Å². The molecule has 0 spiro atoms. The number of hydrogen-bond donors (Lipinski definition) is 1. The second-order valence-electron chi connectivity index (χ2n) is 6.99. The molecule has 1 aromatic rings. The van der Waals surface area contributed by atoms with Gasteiger partial charge in [-0.3, -0.25) is 4.90 Å². The third-order valence-electron chi connectivity index (χ3n) is 5.17. The summed E-state index contributed by atoms with van der Waals surface area (Å²) in [6.07, 6.45) is 4.44. The third-order valence-corrected chi connectivity index (χ3v) is 5.17. The minimum Gasteiger partial charge on any atom is -0.399 e. The van der Waals surface area contributed by atoms with Gasteiger partial charge in [0.2, 0.25) is 0 Å². The molecule has 128 valence electrons. The van der Waals surface area contributed by atoms with Crippen LogP contribution in [0.3, 0.4) is 0 Å². The first-order chi connectivity index (χ1) is 11.6. The van der Waals surface area contributed by atoms with Gasteiger partial charge in [-0.05, 0) is 42.9 Å². The van der Waals surface area contributed by atoms with Gasteiger partial charge in [0, 0.05) is 49.7 Å². The van der Waals surface area contributed by atoms with Crippen molar-refractivity contribution in [3.05, 3.63) is 71.6 Å². The zero-order valence-electron chi connectivity index (χ0n) is 14.8. The normalized spacial score (nSPS) is 19.8. The van der Waals surface area contributed by atoms with Crippen LogP contribution in [-0.2, 0) is 6.54 Å². The Bertz CT molecular complexity index is 647. The van der Waals surface area contributed by atoms with Crippen molar-refractivity contribution in [2.75, 3.05) is 26.2 Å². The van der Waals surface area contributed by atoms with Crippen LogP contribution in [0.5, 0.6) is 0 Å². The van der Waals surface area contributed by atoms with Crippen molar-refractivity contribution in [3.8, 4) is 0 Å². The van der Waals surface area contributed by atoms with E-state index in [1.54, 1.807) is 0 Å². The van der Waals surface area contributed by atoms with Crippen LogP contribution in [0.15, 0.2) is 60.5 Å². The maximum Gasteiger partial charge on any atom is 0.0417 e. The highest BCUT2D eigenvalue weighted by Gasteiger charge is 2.31. The van der Waals surface area contributed by atoms with Crippen molar-refractivity contribution in [3.63, 3.8) is 0 Å². The molecule has 2 fully saturated rings. The van der Waals surface area contributed by atoms with Crippen molar-refractivity contribution in [2.45, 2.75) is 26.3 Å². The highest BCUT2D eigenvalue weighted by Crippen LogP contribution is 2.41. The fourth-order valence-corrected chi connectivity index (χ4v) is 3.59. The maximum absolute atomic E-state index is 6.07. The van der Waals surface area contributed by atoms with Gasteiger partial charge in [0.1, 0.15) is 0 Å². The van der Waals surface area contributed by atoms with E-state index in [9.17, 15) is 0 Å². The Balaban J connectivity index is 1.66. The second kappa shape index (κ2) is 7.27. The van der Waals surface area contributed by atoms with Crippen LogP contribution in [-0.4, -0.2) is 36.0 Å². The zero-order valence-corrected chi connectivity index (χ0v) is 14.8. The van der Waals surface area contributed by atoms with E-state index in [1.165, 1.54) is 35.2 Å². The molecule has 3 nitrogen and oxygen atoms in total. The van der Waals surface area contributed by atoms with E-state index in [-0.39, 0.29) is 0 Å². The quantitative estimate of drug-likeness (QED) is 0.814. The molecule has 0 aromatic heterocycles. The molecular weight excluding hydrogens is 294 g/mol. The number of nitrogens with two attached hydrogens (primary N) is 1. The van der Waals surface area contributed by atoms with Gasteiger partial charge in [-0.2, -0.15) is 0 Å². The molecule has 1 saturated heterocycles. The van der Waals surface area contributed by atoms with Gasteiger partial charge in [0.25, 0.3) is 0 Å². The van der Waals surface area contributed by atoms with Crippen molar-refractivity contribution in [1.29, 1.82) is 0 Å². The van der Waals surface area contributed by atoms with Crippen LogP contribution >= 0.6 is 0 Å². The fraction of sp³-hybridized carbons (Fsp3) is 0.429. The average molecular weight is 323 g/mol. The lowest BCUT2D eigenvalue weighted by atomic mass is 10.0. The summed E-state index contributed by atoms with van der Waals surface area (Å²) in [5.74, 6) is 0.598. The monoisotopic (exact) mass is 323 g/mol. The largest absolute Gasteiger partial charge is 0.399 e. The first-order valence-corrected chi connectivity index (χ1v) is 8.93. The zero-order chi connectivity index (χ0) is 17.1. The number of rotatable bonds is 6. The third kappa shape index (κ3) is 3.73. The molecule has 2 N–H and O–H groups in total. The number of allylic oxidation sites excluding steroid dienone is 2. The maximum atomic E-state index is 6.07. The van der Waals surface area contributed by atoms with Gasteiger partial charge in [-0.15, -0.1) is 0 Å². The van der Waals surface area contributed by atoms with Gasteiger partial charge in [-0.25, -0.2) is 0 Å². The summed E-state index contributed by atoms with van der Waals surface area (Å²) in [6, 6.07) is 8.67. The number of benzene rings is 1. The molecule has 1 aromatic carbocycles. The smallest absolute Gasteiger partial charge is 0.0417 e. The average Bonchev–Trinajstić information content (AvgIpc) is 3.40. The topological polar surface area (TPSA) is 32.5 Å². The molecule has 3 rings (SSSR count). The van der Waals surface area contributed by atoms with Crippen LogP contribution < -0.4 is 5.73 Å². The van der Waals surface area contributed by atoms with Gasteiger partial charge in [-0.1, -0.05) is 37.4 Å². The van der Waals surface area contributed by atoms with Crippen molar-refractivity contribution in [1.82, 2.24) is 9.80 Å². The molecule has 2 aliphatic rings. The number of hydrogen-bond acceptors (Lipinski definition) is 3. The predicted octanol–water partition coefficient (Wildman–Crippen LogP) is 3.44. The first-order valence-electron chi connectivity index (χ1n) is 8.93. The molecule has 0 bridgehead atoms. The lowest BCUT2D eigenvalue weighted by molar-refractivity contribution is 0.154. The van der Waals surface area contributed by atoms with Crippen molar-refractivity contribution >= 4 is 0 Å². The molecule has 1 aliphatic heterocycles. The first kappa shape index (κ1) is 16.8. The molecule has 1 saturated carbocycles. The van der Waals surface area contributed by atoms with E-state index in [1.807, 2.05) is 6.08 Å². The molecule has 24 heavy (non-hydrogen) atoms. The van der Waals surface area contributed by atoms with Gasteiger partial charge >= 0.3 is 0 Å². The second-order valence-corrected chi connectivity index (χ2v) is 6.99. The highest BCUT2D eigenvalue weighted by molar-refractivity contribution is 5.40. The van der Waals surface area contributed by atoms with Crippen molar-refractivity contribution < 1.29 is 0 Å². The van der Waals surface area contributed by atoms with Gasteiger partial charge < -0.3 is 10.6 Å². The van der Waals surface area contributed by atoms with Crippen LogP contribution in [0.25, 0.3) is 0 Å². The van der Waals surface area contributed by atoms with Gasteiger partial charge in [0.15, 0.2) is 0 Å². The fourth-order valence-electron chi connectivity index (χ4n) is 3.59. The molecule has 0 radical (unpaired) electrons. The highest BCUT2D eigenvalue weighted by atomic mass is 15.3. The Morgan fingerprint density at radius 3 is 2.42 bits per heavy atom. The molecule has 0 amide bonds. The minimum atomic E-state index is 0.598. The van der Waals surface area contributed by atoms with Crippen LogP contribution in [0.2, 0.25) is 0 Å². The number of nitrogens with zero attached hydrogens (tertiary/aromatic N) is 2. The lowest BCUT2D eigenvalue weighted by Crippen LogP contribution is -2.45. The summed E-state index contributed by atoms with van der Waals surface area (Å²) in [7, 11) is 0. The van der Waals surface area contributed by atoms with Crippen LogP contribution in [0.4, 0.5) is 0 Å². The van der Waals surface area contributed by atoms with E-state index in [4.69, 9.17) is 5.73 Å².